The molecule has 0 radical (unpaired) electrons. The van der Waals surface area contributed by atoms with Gasteiger partial charge < -0.3 is 20.1 Å². The van der Waals surface area contributed by atoms with E-state index in [1.165, 1.54) is 11.1 Å². The summed E-state index contributed by atoms with van der Waals surface area (Å²) in [5.74, 6) is -0.873. The number of aryl methyl sites for hydroxylation is 1. The van der Waals surface area contributed by atoms with Gasteiger partial charge in [-0.05, 0) is 58.6 Å². The van der Waals surface area contributed by atoms with Crippen LogP contribution in [-0.2, 0) is 4.74 Å². The van der Waals surface area contributed by atoms with Gasteiger partial charge in [0.05, 0.1) is 18.6 Å². The number of nitrogens with zero attached hydrogens (tertiary/aromatic N) is 2. The molecule has 0 spiro atoms. The number of alkyl halides is 1. The molecule has 1 aliphatic carbocycles. The van der Waals surface area contributed by atoms with Crippen LogP contribution in [0.25, 0.3) is 0 Å². The van der Waals surface area contributed by atoms with Crippen molar-refractivity contribution >= 4 is 12.0 Å². The third-order valence-electron chi connectivity index (χ3n) is 5.28. The molecule has 7 nitrogen and oxygen atoms in total. The summed E-state index contributed by atoms with van der Waals surface area (Å²) in [6, 6.07) is 1.58. The molecule has 0 aromatic carbocycles. The first-order valence-corrected chi connectivity index (χ1v) is 9.10. The number of amides is 2. The second kappa shape index (κ2) is 6.35. The number of carbonyl (C=O) groups is 2. The lowest BCUT2D eigenvalue weighted by molar-refractivity contribution is 0.0255. The summed E-state index contributed by atoms with van der Waals surface area (Å²) in [5, 5.41) is 12.9. The molecule has 1 saturated carbocycles. The molecule has 2 atom stereocenters. The van der Waals surface area contributed by atoms with Crippen molar-refractivity contribution in [2.45, 2.75) is 63.8 Å². The second-order valence-corrected chi connectivity index (χ2v) is 8.52. The Hall–Kier alpha value is -2.38. The number of ether oxygens (including phenoxy) is 1. The van der Waals surface area contributed by atoms with E-state index in [-0.39, 0.29) is 31.0 Å². The molecule has 148 valence electrons. The van der Waals surface area contributed by atoms with E-state index in [4.69, 9.17) is 4.74 Å². The summed E-state index contributed by atoms with van der Waals surface area (Å²) >= 11 is 0. The Labute approximate surface area is 157 Å². The van der Waals surface area contributed by atoms with Crippen LogP contribution in [0, 0.1) is 6.92 Å². The number of pyridine rings is 1. The predicted octanol–water partition coefficient (Wildman–Crippen LogP) is 2.71. The van der Waals surface area contributed by atoms with E-state index >= 15 is 4.39 Å². The first-order valence-electron chi connectivity index (χ1n) is 9.10. The average molecular weight is 379 g/mol. The molecule has 1 aromatic rings. The van der Waals surface area contributed by atoms with E-state index in [2.05, 4.69) is 10.3 Å². The molecule has 2 amide bonds. The second-order valence-electron chi connectivity index (χ2n) is 8.52. The van der Waals surface area contributed by atoms with Gasteiger partial charge in [0.1, 0.15) is 11.4 Å². The minimum Gasteiger partial charge on any atom is -0.505 e. The van der Waals surface area contributed by atoms with E-state index in [9.17, 15) is 14.7 Å². The largest absolute Gasteiger partial charge is 0.505 e. The minimum atomic E-state index is -1.74. The molecule has 2 aliphatic rings. The number of aromatic hydroxyl groups is 1. The van der Waals surface area contributed by atoms with Crippen molar-refractivity contribution < 1.29 is 23.8 Å². The van der Waals surface area contributed by atoms with Crippen molar-refractivity contribution in [3.05, 3.63) is 23.5 Å². The molecule has 1 saturated heterocycles. The fourth-order valence-electron chi connectivity index (χ4n) is 3.93. The van der Waals surface area contributed by atoms with Gasteiger partial charge in [-0.1, -0.05) is 0 Å². The van der Waals surface area contributed by atoms with Crippen LogP contribution in [0.5, 0.6) is 5.75 Å². The zero-order chi connectivity index (χ0) is 20.0. The van der Waals surface area contributed by atoms with Gasteiger partial charge in [0.25, 0.3) is 5.91 Å². The molecule has 0 unspecified atom stereocenters. The first kappa shape index (κ1) is 19.4. The van der Waals surface area contributed by atoms with Crippen LogP contribution in [0.2, 0.25) is 0 Å². The lowest BCUT2D eigenvalue weighted by Crippen LogP contribution is -2.59. The third-order valence-corrected chi connectivity index (χ3v) is 5.28. The fourth-order valence-corrected chi connectivity index (χ4v) is 3.93. The van der Waals surface area contributed by atoms with E-state index in [0.29, 0.717) is 18.4 Å². The molecule has 3 rings (SSSR count). The van der Waals surface area contributed by atoms with Crippen LogP contribution < -0.4 is 5.32 Å². The van der Waals surface area contributed by atoms with Crippen LogP contribution in [0.3, 0.4) is 0 Å². The SMILES string of the molecule is Cc1ccnc(C(=O)N[C@]23CCC[C@@]2(F)CN(C(=O)OC(C)(C)C)C3)c1O. The number of hydrogen-bond donors (Lipinski definition) is 2. The topological polar surface area (TPSA) is 91.8 Å². The Morgan fingerprint density at radius 1 is 1.33 bits per heavy atom. The average Bonchev–Trinajstić information content (AvgIpc) is 2.97. The Bertz CT molecular complexity index is 779. The van der Waals surface area contributed by atoms with Gasteiger partial charge in [0.15, 0.2) is 11.4 Å². The molecular weight excluding hydrogens is 353 g/mol. The highest BCUT2D eigenvalue weighted by atomic mass is 19.1. The van der Waals surface area contributed by atoms with Gasteiger partial charge >= 0.3 is 6.09 Å². The number of aromatic nitrogens is 1. The summed E-state index contributed by atoms with van der Waals surface area (Å²) in [4.78, 5) is 30.4. The van der Waals surface area contributed by atoms with Crippen molar-refractivity contribution in [3.8, 4) is 5.75 Å². The Morgan fingerprint density at radius 3 is 2.70 bits per heavy atom. The van der Waals surface area contributed by atoms with Gasteiger partial charge in [-0.2, -0.15) is 0 Å². The zero-order valence-corrected chi connectivity index (χ0v) is 16.1. The van der Waals surface area contributed by atoms with Crippen LogP contribution in [0.15, 0.2) is 12.3 Å². The number of nitrogens with one attached hydrogen (secondary N) is 1. The Morgan fingerprint density at radius 2 is 2.04 bits per heavy atom. The van der Waals surface area contributed by atoms with Crippen molar-refractivity contribution in [2.24, 2.45) is 0 Å². The molecule has 8 heteroatoms. The molecule has 27 heavy (non-hydrogen) atoms. The number of fused-ring (bicyclic) bond motifs is 1. The number of carbonyl (C=O) groups excluding carboxylic acids is 2. The lowest BCUT2D eigenvalue weighted by atomic mass is 9.87. The van der Waals surface area contributed by atoms with Gasteiger partial charge in [0, 0.05) is 6.20 Å². The monoisotopic (exact) mass is 379 g/mol. The standard InChI is InChI=1S/C19H26FN3O4/c1-12-6-9-21-13(14(12)24)15(25)22-19-8-5-7-18(19,20)10-23(11-19)16(26)27-17(2,3)4/h6,9,24H,5,7-8,10-11H2,1-4H3,(H,22,25)/t18-,19+/m1/s1. The van der Waals surface area contributed by atoms with E-state index in [1.807, 2.05) is 0 Å². The summed E-state index contributed by atoms with van der Waals surface area (Å²) in [6.45, 7) is 6.79. The van der Waals surface area contributed by atoms with Gasteiger partial charge in [0.2, 0.25) is 0 Å². The maximum absolute atomic E-state index is 15.7. The van der Waals surface area contributed by atoms with Crippen molar-refractivity contribution in [1.82, 2.24) is 15.2 Å². The number of likely N-dealkylation sites (tertiary alicyclic amines) is 1. The highest BCUT2D eigenvalue weighted by Gasteiger charge is 2.63. The van der Waals surface area contributed by atoms with E-state index in [0.717, 1.165) is 0 Å². The van der Waals surface area contributed by atoms with Crippen molar-refractivity contribution in [2.75, 3.05) is 13.1 Å². The van der Waals surface area contributed by atoms with Crippen LogP contribution in [0.4, 0.5) is 9.18 Å². The normalized spacial score (nSPS) is 27.4. The number of hydrogen-bond acceptors (Lipinski definition) is 5. The highest BCUT2D eigenvalue weighted by Crippen LogP contribution is 2.48. The number of rotatable bonds is 2. The van der Waals surface area contributed by atoms with Gasteiger partial charge in [-0.25, -0.2) is 14.2 Å². The van der Waals surface area contributed by atoms with Crippen LogP contribution in [-0.4, -0.2) is 56.9 Å². The van der Waals surface area contributed by atoms with Crippen LogP contribution >= 0.6 is 0 Å². The number of halogens is 1. The molecule has 0 bridgehead atoms. The molecule has 2 fully saturated rings. The quantitative estimate of drug-likeness (QED) is 0.824. The lowest BCUT2D eigenvalue weighted by Gasteiger charge is -2.33. The van der Waals surface area contributed by atoms with Gasteiger partial charge in [-0.3, -0.25) is 4.79 Å². The van der Waals surface area contributed by atoms with Crippen molar-refractivity contribution in [3.63, 3.8) is 0 Å². The molecule has 2 N–H and O–H groups in total. The molecule has 1 aliphatic heterocycles. The third kappa shape index (κ3) is 3.44. The zero-order valence-electron chi connectivity index (χ0n) is 16.1. The fraction of sp³-hybridized carbons (Fsp3) is 0.632. The van der Waals surface area contributed by atoms with E-state index in [1.54, 1.807) is 33.8 Å². The Balaban J connectivity index is 1.83. The minimum absolute atomic E-state index is 0.0245. The highest BCUT2D eigenvalue weighted by molar-refractivity contribution is 5.96. The predicted molar refractivity (Wildman–Crippen MR) is 96.3 cm³/mol. The molecular formula is C19H26FN3O4. The maximum Gasteiger partial charge on any atom is 0.410 e. The summed E-state index contributed by atoms with van der Waals surface area (Å²) in [7, 11) is 0. The molecule has 1 aromatic heterocycles. The van der Waals surface area contributed by atoms with Crippen molar-refractivity contribution in [1.29, 1.82) is 0 Å². The summed E-state index contributed by atoms with van der Waals surface area (Å²) < 4.78 is 21.1. The molecule has 2 heterocycles. The van der Waals surface area contributed by atoms with Gasteiger partial charge in [-0.15, -0.1) is 0 Å². The van der Waals surface area contributed by atoms with Crippen LogP contribution in [0.1, 0.15) is 56.1 Å². The maximum atomic E-state index is 15.7. The summed E-state index contributed by atoms with van der Waals surface area (Å²) in [6.07, 6.45) is 2.08. The first-order chi connectivity index (χ1) is 12.5. The van der Waals surface area contributed by atoms with E-state index < -0.39 is 28.8 Å². The smallest absolute Gasteiger partial charge is 0.410 e. The summed E-state index contributed by atoms with van der Waals surface area (Å²) in [5.41, 5.74) is -3.27. The Kier molecular flexibility index (Phi) is 4.56.